The van der Waals surface area contributed by atoms with Crippen molar-refractivity contribution in [3.8, 4) is 5.75 Å². The summed E-state index contributed by atoms with van der Waals surface area (Å²) in [4.78, 5) is 13.9. The van der Waals surface area contributed by atoms with Gasteiger partial charge in [-0.25, -0.2) is 4.79 Å². The number of methoxy groups -OCH3 is 1. The van der Waals surface area contributed by atoms with Crippen LogP contribution in [0.2, 0.25) is 0 Å². The Morgan fingerprint density at radius 1 is 1.23 bits per heavy atom. The van der Waals surface area contributed by atoms with Gasteiger partial charge in [0.05, 0.1) is 7.11 Å². The second-order valence-electron chi connectivity index (χ2n) is 4.89. The molecule has 22 heavy (non-hydrogen) atoms. The quantitative estimate of drug-likeness (QED) is 0.690. The Labute approximate surface area is 133 Å². The molecule has 122 valence electrons. The summed E-state index contributed by atoms with van der Waals surface area (Å²) in [5, 5.41) is 5.54. The third-order valence-corrected chi connectivity index (χ3v) is 3.44. The first-order chi connectivity index (χ1) is 10.7. The summed E-state index contributed by atoms with van der Waals surface area (Å²) in [6.45, 7) is 8.08. The molecule has 5 heteroatoms. The van der Waals surface area contributed by atoms with Crippen LogP contribution >= 0.6 is 0 Å². The summed E-state index contributed by atoms with van der Waals surface area (Å²) in [5.41, 5.74) is 1.00. The highest BCUT2D eigenvalue weighted by Gasteiger charge is 2.00. The maximum absolute atomic E-state index is 11.6. The first-order valence-electron chi connectivity index (χ1n) is 7.76. The molecule has 2 N–H and O–H groups in total. The van der Waals surface area contributed by atoms with Gasteiger partial charge in [0, 0.05) is 12.7 Å². The van der Waals surface area contributed by atoms with Gasteiger partial charge < -0.3 is 20.3 Å². The van der Waals surface area contributed by atoms with Gasteiger partial charge >= 0.3 is 6.03 Å². The standard InChI is InChI=1S/C17H27N3O2/c1-4-20(5-2)14-6-12-18-17(21)19-13-11-15-7-9-16(22-3)10-8-15/h7-11,13H,4-6,12,14H2,1-3H3,(H2,18,19,21)/b13-11+. The second kappa shape index (κ2) is 10.7. The number of rotatable bonds is 9. The summed E-state index contributed by atoms with van der Waals surface area (Å²) in [6.07, 6.45) is 4.44. The summed E-state index contributed by atoms with van der Waals surface area (Å²) in [5.74, 6) is 0.816. The van der Waals surface area contributed by atoms with Crippen LogP contribution in [0.25, 0.3) is 6.08 Å². The van der Waals surface area contributed by atoms with E-state index in [-0.39, 0.29) is 6.03 Å². The number of hydrogen-bond acceptors (Lipinski definition) is 3. The first-order valence-corrected chi connectivity index (χ1v) is 7.76. The van der Waals surface area contributed by atoms with Gasteiger partial charge in [0.15, 0.2) is 0 Å². The minimum absolute atomic E-state index is 0.177. The summed E-state index contributed by atoms with van der Waals surface area (Å²) in [7, 11) is 1.64. The predicted molar refractivity (Wildman–Crippen MR) is 91.0 cm³/mol. The van der Waals surface area contributed by atoms with E-state index in [4.69, 9.17) is 4.74 Å². The molecule has 1 rings (SSSR count). The highest BCUT2D eigenvalue weighted by atomic mass is 16.5. The van der Waals surface area contributed by atoms with E-state index < -0.39 is 0 Å². The lowest BCUT2D eigenvalue weighted by atomic mass is 10.2. The monoisotopic (exact) mass is 305 g/mol. The summed E-state index contributed by atoms with van der Waals surface area (Å²) >= 11 is 0. The van der Waals surface area contributed by atoms with E-state index in [1.807, 2.05) is 30.3 Å². The molecule has 0 bridgehead atoms. The molecular weight excluding hydrogens is 278 g/mol. The van der Waals surface area contributed by atoms with Gasteiger partial charge in [0.25, 0.3) is 0 Å². The fraction of sp³-hybridized carbons (Fsp3) is 0.471. The SMILES string of the molecule is CCN(CC)CCCNC(=O)N/C=C/c1ccc(OC)cc1. The van der Waals surface area contributed by atoms with Crippen molar-refractivity contribution < 1.29 is 9.53 Å². The van der Waals surface area contributed by atoms with Crippen molar-refractivity contribution in [1.82, 2.24) is 15.5 Å². The predicted octanol–water partition coefficient (Wildman–Crippen LogP) is 2.70. The summed E-state index contributed by atoms with van der Waals surface area (Å²) < 4.78 is 5.09. The summed E-state index contributed by atoms with van der Waals surface area (Å²) in [6, 6.07) is 7.45. The normalized spacial score (nSPS) is 10.9. The zero-order valence-corrected chi connectivity index (χ0v) is 13.8. The van der Waals surface area contributed by atoms with Gasteiger partial charge in [-0.05, 0) is 49.8 Å². The molecular formula is C17H27N3O2. The van der Waals surface area contributed by atoms with Crippen LogP contribution in [-0.4, -0.2) is 44.2 Å². The molecule has 0 aliphatic carbocycles. The molecule has 2 amide bonds. The molecule has 0 heterocycles. The van der Waals surface area contributed by atoms with Crippen molar-refractivity contribution in [1.29, 1.82) is 0 Å². The molecule has 0 aromatic heterocycles. The Morgan fingerprint density at radius 2 is 1.91 bits per heavy atom. The van der Waals surface area contributed by atoms with E-state index in [1.165, 1.54) is 0 Å². The lowest BCUT2D eigenvalue weighted by molar-refractivity contribution is 0.242. The van der Waals surface area contributed by atoms with Crippen molar-refractivity contribution in [3.63, 3.8) is 0 Å². The topological polar surface area (TPSA) is 53.6 Å². The molecule has 0 saturated heterocycles. The maximum Gasteiger partial charge on any atom is 0.318 e. The number of carbonyl (C=O) groups excluding carboxylic acids is 1. The Hall–Kier alpha value is -2.01. The number of amides is 2. The minimum Gasteiger partial charge on any atom is -0.497 e. The molecule has 0 fully saturated rings. The average Bonchev–Trinajstić information content (AvgIpc) is 2.55. The number of urea groups is 1. The molecule has 0 atom stereocenters. The molecule has 5 nitrogen and oxygen atoms in total. The lowest BCUT2D eigenvalue weighted by Gasteiger charge is -2.17. The molecule has 0 unspecified atom stereocenters. The van der Waals surface area contributed by atoms with Crippen LogP contribution in [0, 0.1) is 0 Å². The lowest BCUT2D eigenvalue weighted by Crippen LogP contribution is -2.34. The Kier molecular flexibility index (Phi) is 8.76. The van der Waals surface area contributed by atoms with Gasteiger partial charge in [0.1, 0.15) is 5.75 Å². The van der Waals surface area contributed by atoms with Crippen LogP contribution in [0.1, 0.15) is 25.8 Å². The number of ether oxygens (including phenoxy) is 1. The van der Waals surface area contributed by atoms with Crippen molar-refractivity contribution in [2.24, 2.45) is 0 Å². The molecule has 0 radical (unpaired) electrons. The average molecular weight is 305 g/mol. The number of carbonyl (C=O) groups is 1. The van der Waals surface area contributed by atoms with Crippen molar-refractivity contribution >= 4 is 12.1 Å². The van der Waals surface area contributed by atoms with E-state index >= 15 is 0 Å². The smallest absolute Gasteiger partial charge is 0.318 e. The van der Waals surface area contributed by atoms with Gasteiger partial charge in [0.2, 0.25) is 0 Å². The van der Waals surface area contributed by atoms with E-state index in [0.29, 0.717) is 6.54 Å². The largest absolute Gasteiger partial charge is 0.497 e. The van der Waals surface area contributed by atoms with Gasteiger partial charge in [-0.1, -0.05) is 26.0 Å². The third-order valence-electron chi connectivity index (χ3n) is 3.44. The zero-order chi connectivity index (χ0) is 16.2. The fourth-order valence-corrected chi connectivity index (χ4v) is 2.02. The number of nitrogens with one attached hydrogen (secondary N) is 2. The van der Waals surface area contributed by atoms with Crippen LogP contribution < -0.4 is 15.4 Å². The number of benzene rings is 1. The Morgan fingerprint density at radius 3 is 2.50 bits per heavy atom. The second-order valence-corrected chi connectivity index (χ2v) is 4.89. The van der Waals surface area contributed by atoms with Crippen LogP contribution in [0.5, 0.6) is 5.75 Å². The zero-order valence-electron chi connectivity index (χ0n) is 13.8. The molecule has 0 spiro atoms. The minimum atomic E-state index is -0.177. The highest BCUT2D eigenvalue weighted by molar-refractivity contribution is 5.75. The molecule has 1 aromatic carbocycles. The maximum atomic E-state index is 11.6. The van der Waals surface area contributed by atoms with E-state index in [0.717, 1.165) is 37.4 Å². The first kappa shape index (κ1) is 18.0. The Bertz CT molecular complexity index is 453. The van der Waals surface area contributed by atoms with E-state index in [9.17, 15) is 4.79 Å². The van der Waals surface area contributed by atoms with E-state index in [1.54, 1.807) is 13.3 Å². The van der Waals surface area contributed by atoms with Gasteiger partial charge in [-0.15, -0.1) is 0 Å². The van der Waals surface area contributed by atoms with E-state index in [2.05, 4.69) is 29.4 Å². The molecule has 0 aliphatic rings. The van der Waals surface area contributed by atoms with Crippen LogP contribution in [-0.2, 0) is 0 Å². The number of nitrogens with zero attached hydrogens (tertiary/aromatic N) is 1. The molecule has 1 aromatic rings. The van der Waals surface area contributed by atoms with Crippen molar-refractivity contribution in [3.05, 3.63) is 36.0 Å². The van der Waals surface area contributed by atoms with Crippen molar-refractivity contribution in [2.45, 2.75) is 20.3 Å². The van der Waals surface area contributed by atoms with Gasteiger partial charge in [-0.3, -0.25) is 0 Å². The third kappa shape index (κ3) is 7.13. The van der Waals surface area contributed by atoms with Crippen molar-refractivity contribution in [2.75, 3.05) is 33.3 Å². The highest BCUT2D eigenvalue weighted by Crippen LogP contribution is 2.11. The van der Waals surface area contributed by atoms with Gasteiger partial charge in [-0.2, -0.15) is 0 Å². The molecule has 0 saturated carbocycles. The van der Waals surface area contributed by atoms with Crippen LogP contribution in [0.15, 0.2) is 30.5 Å². The van der Waals surface area contributed by atoms with Crippen LogP contribution in [0.3, 0.4) is 0 Å². The number of hydrogen-bond donors (Lipinski definition) is 2. The van der Waals surface area contributed by atoms with Crippen LogP contribution in [0.4, 0.5) is 4.79 Å². The molecule has 0 aliphatic heterocycles. The fourth-order valence-electron chi connectivity index (χ4n) is 2.02. The Balaban J connectivity index is 2.20.